The Labute approximate surface area is 90.8 Å². The molecule has 1 aromatic carbocycles. The third-order valence-electron chi connectivity index (χ3n) is 3.29. The van der Waals surface area contributed by atoms with Crippen molar-refractivity contribution in [2.24, 2.45) is 0 Å². The lowest BCUT2D eigenvalue weighted by molar-refractivity contribution is -0.536. The highest BCUT2D eigenvalue weighted by atomic mass is 16.5. The summed E-state index contributed by atoms with van der Waals surface area (Å²) < 4.78 is 1.21. The van der Waals surface area contributed by atoms with Crippen LogP contribution in [-0.4, -0.2) is 16.0 Å². The molecule has 0 saturated heterocycles. The summed E-state index contributed by atoms with van der Waals surface area (Å²) in [6.45, 7) is 3.99. The molecule has 1 aliphatic rings. The summed E-state index contributed by atoms with van der Waals surface area (Å²) in [5.41, 5.74) is 1.98. The van der Waals surface area contributed by atoms with Gasteiger partial charge in [0.05, 0.1) is 0 Å². The van der Waals surface area contributed by atoms with E-state index in [1.165, 1.54) is 10.3 Å². The standard InChI is InChI=1S/C13H17NO/c1-11-8-9-13(2,14(11)15)10-12-6-4-3-5-7-12/h3-7H,8-10H2,1-2H3/t13-/m0/s1. The first-order valence-corrected chi connectivity index (χ1v) is 5.45. The van der Waals surface area contributed by atoms with Crippen LogP contribution in [0.15, 0.2) is 30.3 Å². The van der Waals surface area contributed by atoms with Crippen LogP contribution in [0.25, 0.3) is 0 Å². The van der Waals surface area contributed by atoms with E-state index in [1.54, 1.807) is 0 Å². The first-order valence-electron chi connectivity index (χ1n) is 5.45. The molecule has 2 nitrogen and oxygen atoms in total. The van der Waals surface area contributed by atoms with Crippen LogP contribution < -0.4 is 0 Å². The van der Waals surface area contributed by atoms with E-state index in [0.29, 0.717) is 0 Å². The van der Waals surface area contributed by atoms with E-state index in [4.69, 9.17) is 0 Å². The minimum Gasteiger partial charge on any atom is -0.623 e. The van der Waals surface area contributed by atoms with Crippen molar-refractivity contribution in [1.82, 2.24) is 0 Å². The predicted octanol–water partition coefficient (Wildman–Crippen LogP) is 2.75. The lowest BCUT2D eigenvalue weighted by Gasteiger charge is -2.23. The maximum absolute atomic E-state index is 11.9. The maximum Gasteiger partial charge on any atom is 0.174 e. The minimum atomic E-state index is -0.231. The predicted molar refractivity (Wildman–Crippen MR) is 62.1 cm³/mol. The van der Waals surface area contributed by atoms with Crippen LogP contribution in [-0.2, 0) is 6.42 Å². The SMILES string of the molecule is CC1=[N+]([O-])[C@](C)(Cc2ccccc2)CC1. The molecule has 0 fully saturated rings. The van der Waals surface area contributed by atoms with Crippen LogP contribution in [0.2, 0.25) is 0 Å². The first-order chi connectivity index (χ1) is 7.12. The average Bonchev–Trinajstić information content (AvgIpc) is 2.48. The van der Waals surface area contributed by atoms with Crippen LogP contribution in [0.1, 0.15) is 32.3 Å². The molecule has 0 spiro atoms. The Morgan fingerprint density at radius 1 is 1.33 bits per heavy atom. The number of hydrogen-bond donors (Lipinski definition) is 0. The molecule has 15 heavy (non-hydrogen) atoms. The van der Waals surface area contributed by atoms with Gasteiger partial charge in [0.2, 0.25) is 0 Å². The normalized spacial score (nSPS) is 26.0. The highest BCUT2D eigenvalue weighted by Gasteiger charge is 2.39. The molecule has 2 heteroatoms. The molecule has 2 rings (SSSR count). The molecule has 0 N–H and O–H groups in total. The van der Waals surface area contributed by atoms with E-state index in [-0.39, 0.29) is 5.54 Å². The quantitative estimate of drug-likeness (QED) is 0.536. The van der Waals surface area contributed by atoms with Gasteiger partial charge in [0.25, 0.3) is 0 Å². The second-order valence-electron chi connectivity index (χ2n) is 4.69. The summed E-state index contributed by atoms with van der Waals surface area (Å²) in [5.74, 6) is 0. The minimum absolute atomic E-state index is 0.231. The van der Waals surface area contributed by atoms with Crippen LogP contribution in [0, 0.1) is 5.21 Å². The number of nitrogens with zero attached hydrogens (tertiary/aromatic N) is 1. The van der Waals surface area contributed by atoms with Gasteiger partial charge in [-0.2, -0.15) is 0 Å². The Kier molecular flexibility index (Phi) is 2.51. The zero-order valence-corrected chi connectivity index (χ0v) is 9.36. The van der Waals surface area contributed by atoms with E-state index in [1.807, 2.05) is 25.1 Å². The number of rotatable bonds is 2. The molecule has 1 heterocycles. The van der Waals surface area contributed by atoms with Crippen LogP contribution in [0.3, 0.4) is 0 Å². The monoisotopic (exact) mass is 203 g/mol. The van der Waals surface area contributed by atoms with Crippen molar-refractivity contribution in [2.45, 2.75) is 38.6 Å². The highest BCUT2D eigenvalue weighted by molar-refractivity contribution is 5.78. The van der Waals surface area contributed by atoms with Crippen molar-refractivity contribution in [1.29, 1.82) is 0 Å². The van der Waals surface area contributed by atoms with E-state index < -0.39 is 0 Å². The largest absolute Gasteiger partial charge is 0.623 e. The average molecular weight is 203 g/mol. The van der Waals surface area contributed by atoms with Crippen molar-refractivity contribution < 1.29 is 4.74 Å². The fraction of sp³-hybridized carbons (Fsp3) is 0.462. The molecule has 0 unspecified atom stereocenters. The lowest BCUT2D eigenvalue weighted by Crippen LogP contribution is -2.35. The first kappa shape index (κ1) is 10.2. The van der Waals surface area contributed by atoms with Gasteiger partial charge in [-0.15, -0.1) is 0 Å². The van der Waals surface area contributed by atoms with Gasteiger partial charge in [0.15, 0.2) is 11.3 Å². The Morgan fingerprint density at radius 3 is 2.53 bits per heavy atom. The molecule has 0 amide bonds. The van der Waals surface area contributed by atoms with Crippen molar-refractivity contribution >= 4 is 5.71 Å². The van der Waals surface area contributed by atoms with Crippen LogP contribution >= 0.6 is 0 Å². The van der Waals surface area contributed by atoms with Gasteiger partial charge >= 0.3 is 0 Å². The zero-order valence-electron chi connectivity index (χ0n) is 9.36. The van der Waals surface area contributed by atoms with E-state index in [0.717, 1.165) is 25.0 Å². The third-order valence-corrected chi connectivity index (χ3v) is 3.29. The molecule has 0 radical (unpaired) electrons. The molecule has 0 aromatic heterocycles. The van der Waals surface area contributed by atoms with Gasteiger partial charge in [-0.25, -0.2) is 4.74 Å². The Morgan fingerprint density at radius 2 is 2.00 bits per heavy atom. The molecular weight excluding hydrogens is 186 g/mol. The van der Waals surface area contributed by atoms with Gasteiger partial charge in [-0.3, -0.25) is 0 Å². The van der Waals surface area contributed by atoms with Crippen molar-refractivity contribution in [3.63, 3.8) is 0 Å². The second-order valence-corrected chi connectivity index (χ2v) is 4.69. The topological polar surface area (TPSA) is 26.1 Å². The van der Waals surface area contributed by atoms with Gasteiger partial charge < -0.3 is 5.21 Å². The maximum atomic E-state index is 11.9. The smallest absolute Gasteiger partial charge is 0.174 e. The molecule has 1 atom stereocenters. The van der Waals surface area contributed by atoms with Gasteiger partial charge in [0.1, 0.15) is 0 Å². The summed E-state index contributed by atoms with van der Waals surface area (Å²) >= 11 is 0. The summed E-state index contributed by atoms with van der Waals surface area (Å²) in [6, 6.07) is 10.2. The summed E-state index contributed by atoms with van der Waals surface area (Å²) in [5, 5.41) is 11.9. The zero-order chi connectivity index (χ0) is 10.9. The molecule has 0 saturated carbocycles. The Balaban J connectivity index is 2.20. The number of hydrogen-bond acceptors (Lipinski definition) is 1. The molecule has 1 aliphatic heterocycles. The molecule has 0 bridgehead atoms. The Hall–Kier alpha value is -1.31. The Bertz CT molecular complexity index is 383. The third kappa shape index (κ3) is 1.89. The van der Waals surface area contributed by atoms with Crippen molar-refractivity contribution in [2.75, 3.05) is 0 Å². The highest BCUT2D eigenvalue weighted by Crippen LogP contribution is 2.28. The molecule has 0 aliphatic carbocycles. The fourth-order valence-corrected chi connectivity index (χ4v) is 2.31. The lowest BCUT2D eigenvalue weighted by atomic mass is 9.91. The van der Waals surface area contributed by atoms with Gasteiger partial charge in [-0.1, -0.05) is 30.3 Å². The van der Waals surface area contributed by atoms with Crippen molar-refractivity contribution in [3.05, 3.63) is 41.1 Å². The van der Waals surface area contributed by atoms with Crippen LogP contribution in [0.5, 0.6) is 0 Å². The van der Waals surface area contributed by atoms with Gasteiger partial charge in [0, 0.05) is 33.1 Å². The molecular formula is C13H17NO. The van der Waals surface area contributed by atoms with Crippen LogP contribution in [0.4, 0.5) is 0 Å². The number of benzene rings is 1. The van der Waals surface area contributed by atoms with E-state index in [2.05, 4.69) is 19.1 Å². The van der Waals surface area contributed by atoms with Gasteiger partial charge in [-0.05, 0) is 5.56 Å². The summed E-state index contributed by atoms with van der Waals surface area (Å²) in [7, 11) is 0. The summed E-state index contributed by atoms with van der Waals surface area (Å²) in [4.78, 5) is 0. The second kappa shape index (κ2) is 3.69. The van der Waals surface area contributed by atoms with E-state index in [9.17, 15) is 5.21 Å². The van der Waals surface area contributed by atoms with Crippen molar-refractivity contribution in [3.8, 4) is 0 Å². The number of hydroxylamine groups is 1. The van der Waals surface area contributed by atoms with E-state index >= 15 is 0 Å². The summed E-state index contributed by atoms with van der Waals surface area (Å²) in [6.07, 6.45) is 2.75. The fourth-order valence-electron chi connectivity index (χ4n) is 2.31. The molecule has 80 valence electrons. The molecule has 1 aromatic rings.